The Bertz CT molecular complexity index is 625. The molecule has 1 saturated heterocycles. The van der Waals surface area contributed by atoms with Crippen molar-refractivity contribution in [2.45, 2.75) is 45.8 Å². The van der Waals surface area contributed by atoms with E-state index in [1.54, 1.807) is 39.0 Å². The maximum absolute atomic E-state index is 12.1. The number of hydrogen-bond acceptors (Lipinski definition) is 5. The van der Waals surface area contributed by atoms with Gasteiger partial charge in [0.25, 0.3) is 0 Å². The zero-order valence-electron chi connectivity index (χ0n) is 14.7. The molecule has 0 spiro atoms. The van der Waals surface area contributed by atoms with Crippen LogP contribution in [0.3, 0.4) is 0 Å². The molecule has 1 atom stereocenters. The summed E-state index contributed by atoms with van der Waals surface area (Å²) in [7, 11) is 0. The molecule has 1 aliphatic heterocycles. The summed E-state index contributed by atoms with van der Waals surface area (Å²) >= 11 is 0. The Hall–Kier alpha value is -2.44. The summed E-state index contributed by atoms with van der Waals surface area (Å²) in [5.41, 5.74) is 7.41. The molecule has 4 N–H and O–H groups in total. The van der Waals surface area contributed by atoms with E-state index in [2.05, 4.69) is 10.6 Å². The van der Waals surface area contributed by atoms with Gasteiger partial charge in [-0.1, -0.05) is 6.92 Å². The van der Waals surface area contributed by atoms with Crippen molar-refractivity contribution in [3.05, 3.63) is 18.2 Å². The van der Waals surface area contributed by atoms with Crippen LogP contribution in [0.15, 0.2) is 18.2 Å². The minimum absolute atomic E-state index is 0.00588. The largest absolute Gasteiger partial charge is 0.444 e. The lowest BCUT2D eigenvalue weighted by Crippen LogP contribution is -2.55. The molecule has 2 rings (SSSR count). The highest BCUT2D eigenvalue weighted by molar-refractivity contribution is 5.90. The van der Waals surface area contributed by atoms with Crippen LogP contribution in [0.2, 0.25) is 0 Å². The fourth-order valence-electron chi connectivity index (χ4n) is 2.70. The third-order valence-electron chi connectivity index (χ3n) is 3.70. The van der Waals surface area contributed by atoms with Gasteiger partial charge in [0.15, 0.2) is 0 Å². The summed E-state index contributed by atoms with van der Waals surface area (Å²) in [5.74, 6) is -0.00588. The van der Waals surface area contributed by atoms with Crippen molar-refractivity contribution < 1.29 is 14.3 Å². The zero-order chi connectivity index (χ0) is 17.9. The van der Waals surface area contributed by atoms with E-state index in [9.17, 15) is 9.59 Å². The van der Waals surface area contributed by atoms with Crippen LogP contribution in [0.25, 0.3) is 0 Å². The van der Waals surface area contributed by atoms with Crippen molar-refractivity contribution in [3.8, 4) is 0 Å². The first-order valence-electron chi connectivity index (χ1n) is 8.15. The monoisotopic (exact) mass is 334 g/mol. The minimum Gasteiger partial charge on any atom is -0.444 e. The molecule has 0 saturated carbocycles. The third-order valence-corrected chi connectivity index (χ3v) is 3.70. The molecule has 1 fully saturated rings. The number of nitrogens with two attached hydrogens (primary N) is 1. The second kappa shape index (κ2) is 6.98. The van der Waals surface area contributed by atoms with Crippen molar-refractivity contribution >= 4 is 29.1 Å². The SMILES string of the molecule is CCC1C(=O)NCCN1c1cc(NC(=O)OC(C)(C)C)ccc1N. The highest BCUT2D eigenvalue weighted by atomic mass is 16.6. The first-order valence-corrected chi connectivity index (χ1v) is 8.15. The lowest BCUT2D eigenvalue weighted by atomic mass is 10.1. The average Bonchev–Trinajstić information content (AvgIpc) is 2.47. The van der Waals surface area contributed by atoms with Gasteiger partial charge in [-0.3, -0.25) is 10.1 Å². The predicted molar refractivity (Wildman–Crippen MR) is 95.1 cm³/mol. The van der Waals surface area contributed by atoms with Crippen LogP contribution < -0.4 is 21.3 Å². The van der Waals surface area contributed by atoms with Crippen LogP contribution in [0.1, 0.15) is 34.1 Å². The number of anilines is 3. The molecular weight excluding hydrogens is 308 g/mol. The molecular formula is C17H26N4O3. The van der Waals surface area contributed by atoms with Crippen molar-refractivity contribution in [2.24, 2.45) is 0 Å². The molecule has 1 heterocycles. The Kier molecular flexibility index (Phi) is 5.21. The number of carbonyl (C=O) groups is 2. The Morgan fingerprint density at radius 3 is 2.79 bits per heavy atom. The second-order valence-corrected chi connectivity index (χ2v) is 6.81. The van der Waals surface area contributed by atoms with E-state index in [-0.39, 0.29) is 11.9 Å². The summed E-state index contributed by atoms with van der Waals surface area (Å²) in [6, 6.07) is 4.95. The number of piperazine rings is 1. The average molecular weight is 334 g/mol. The number of carbonyl (C=O) groups excluding carboxylic acids is 2. The number of nitrogen functional groups attached to an aromatic ring is 1. The van der Waals surface area contributed by atoms with Gasteiger partial charge in [-0.25, -0.2) is 4.79 Å². The molecule has 0 radical (unpaired) electrons. The van der Waals surface area contributed by atoms with Crippen LogP contribution >= 0.6 is 0 Å². The van der Waals surface area contributed by atoms with E-state index in [0.29, 0.717) is 30.9 Å². The normalized spacial score (nSPS) is 18.1. The minimum atomic E-state index is -0.570. The molecule has 0 aliphatic carbocycles. The van der Waals surface area contributed by atoms with Gasteiger partial charge < -0.3 is 20.7 Å². The van der Waals surface area contributed by atoms with E-state index in [1.165, 1.54) is 0 Å². The Morgan fingerprint density at radius 2 is 2.17 bits per heavy atom. The molecule has 24 heavy (non-hydrogen) atoms. The lowest BCUT2D eigenvalue weighted by molar-refractivity contribution is -0.123. The van der Waals surface area contributed by atoms with Gasteiger partial charge in [-0.2, -0.15) is 0 Å². The lowest BCUT2D eigenvalue weighted by Gasteiger charge is -2.37. The molecule has 7 nitrogen and oxygen atoms in total. The summed E-state index contributed by atoms with van der Waals surface area (Å²) in [5, 5.41) is 5.57. The maximum atomic E-state index is 12.1. The smallest absolute Gasteiger partial charge is 0.412 e. The van der Waals surface area contributed by atoms with Crippen LogP contribution in [-0.4, -0.2) is 36.7 Å². The third kappa shape index (κ3) is 4.31. The highest BCUT2D eigenvalue weighted by Crippen LogP contribution is 2.30. The predicted octanol–water partition coefficient (Wildman–Crippen LogP) is 2.33. The van der Waals surface area contributed by atoms with Gasteiger partial charge in [0, 0.05) is 18.8 Å². The van der Waals surface area contributed by atoms with E-state index in [4.69, 9.17) is 10.5 Å². The molecule has 2 amide bonds. The summed E-state index contributed by atoms with van der Waals surface area (Å²) in [6.07, 6.45) is 0.149. The Balaban J connectivity index is 2.22. The van der Waals surface area contributed by atoms with E-state index in [0.717, 1.165) is 5.69 Å². The number of rotatable bonds is 3. The van der Waals surface area contributed by atoms with Crippen LogP contribution in [0.5, 0.6) is 0 Å². The quantitative estimate of drug-likeness (QED) is 0.737. The molecule has 132 valence electrons. The summed E-state index contributed by atoms with van der Waals surface area (Å²) in [4.78, 5) is 26.0. The standard InChI is InChI=1S/C17H26N4O3/c1-5-13-15(22)19-8-9-21(13)14-10-11(6-7-12(14)18)20-16(23)24-17(2,3)4/h6-7,10,13H,5,8-9,18H2,1-4H3,(H,19,22)(H,20,23). The second-order valence-electron chi connectivity index (χ2n) is 6.81. The molecule has 0 bridgehead atoms. The fraction of sp³-hybridized carbons (Fsp3) is 0.529. The number of amides is 2. The molecule has 1 aliphatic rings. The van der Waals surface area contributed by atoms with E-state index >= 15 is 0 Å². The zero-order valence-corrected chi connectivity index (χ0v) is 14.7. The molecule has 1 aromatic rings. The van der Waals surface area contributed by atoms with Gasteiger partial charge in [-0.15, -0.1) is 0 Å². The molecule has 0 aromatic heterocycles. The Labute approximate surface area is 142 Å². The fourth-order valence-corrected chi connectivity index (χ4v) is 2.70. The number of ether oxygens (including phenoxy) is 1. The first kappa shape index (κ1) is 17.9. The van der Waals surface area contributed by atoms with Crippen molar-refractivity contribution in [2.75, 3.05) is 29.0 Å². The van der Waals surface area contributed by atoms with Crippen LogP contribution in [0.4, 0.5) is 21.9 Å². The van der Waals surface area contributed by atoms with Crippen molar-refractivity contribution in [1.29, 1.82) is 0 Å². The van der Waals surface area contributed by atoms with E-state index in [1.807, 2.05) is 11.8 Å². The topological polar surface area (TPSA) is 96.7 Å². The van der Waals surface area contributed by atoms with Gasteiger partial charge >= 0.3 is 6.09 Å². The summed E-state index contributed by atoms with van der Waals surface area (Å²) < 4.78 is 5.26. The first-order chi connectivity index (χ1) is 11.2. The van der Waals surface area contributed by atoms with Crippen molar-refractivity contribution in [1.82, 2.24) is 5.32 Å². The van der Waals surface area contributed by atoms with Gasteiger partial charge in [0.1, 0.15) is 11.6 Å². The highest BCUT2D eigenvalue weighted by Gasteiger charge is 2.29. The molecule has 1 unspecified atom stereocenters. The maximum Gasteiger partial charge on any atom is 0.412 e. The molecule has 1 aromatic carbocycles. The van der Waals surface area contributed by atoms with Gasteiger partial charge in [-0.05, 0) is 45.4 Å². The number of benzene rings is 1. The number of hydrogen-bond donors (Lipinski definition) is 3. The van der Waals surface area contributed by atoms with Gasteiger partial charge in [0.2, 0.25) is 5.91 Å². The van der Waals surface area contributed by atoms with Gasteiger partial charge in [0.05, 0.1) is 11.4 Å². The van der Waals surface area contributed by atoms with Crippen molar-refractivity contribution in [3.63, 3.8) is 0 Å². The Morgan fingerprint density at radius 1 is 1.46 bits per heavy atom. The number of nitrogens with one attached hydrogen (secondary N) is 2. The van der Waals surface area contributed by atoms with E-state index < -0.39 is 11.7 Å². The van der Waals surface area contributed by atoms with Crippen LogP contribution in [-0.2, 0) is 9.53 Å². The molecule has 7 heteroatoms. The number of nitrogens with zero attached hydrogens (tertiary/aromatic N) is 1. The van der Waals surface area contributed by atoms with Crippen LogP contribution in [0, 0.1) is 0 Å². The summed E-state index contributed by atoms with van der Waals surface area (Å²) in [6.45, 7) is 8.61.